The quantitative estimate of drug-likeness (QED) is 0.794. The van der Waals surface area contributed by atoms with Crippen LogP contribution < -0.4 is 0 Å². The van der Waals surface area contributed by atoms with E-state index in [1.807, 2.05) is 12.4 Å². The van der Waals surface area contributed by atoms with E-state index in [0.717, 1.165) is 37.8 Å². The average Bonchev–Trinajstić information content (AvgIpc) is 2.84. The number of carbonyl (C=O) groups excluding carboxylic acids is 2. The van der Waals surface area contributed by atoms with E-state index in [0.29, 0.717) is 13.0 Å². The van der Waals surface area contributed by atoms with Gasteiger partial charge in [-0.25, -0.2) is 4.98 Å². The molecule has 2 fully saturated rings. The van der Waals surface area contributed by atoms with Crippen LogP contribution in [0.2, 0.25) is 0 Å². The first-order valence-electron chi connectivity index (χ1n) is 6.86. The van der Waals surface area contributed by atoms with Crippen LogP contribution >= 0.6 is 11.3 Å². The maximum absolute atomic E-state index is 12.3. The summed E-state index contributed by atoms with van der Waals surface area (Å²) in [4.78, 5) is 31.2. The Bertz CT molecular complexity index is 519. The summed E-state index contributed by atoms with van der Waals surface area (Å²) in [6.45, 7) is 2.57. The summed E-state index contributed by atoms with van der Waals surface area (Å²) in [5.74, 6) is 0.121. The number of aryl methyl sites for hydroxylation is 2. The van der Waals surface area contributed by atoms with Crippen molar-refractivity contribution in [3.63, 3.8) is 0 Å². The predicted octanol–water partition coefficient (Wildman–Crippen LogP) is 2.31. The van der Waals surface area contributed by atoms with Crippen LogP contribution in [0.3, 0.4) is 0 Å². The molecule has 1 saturated heterocycles. The van der Waals surface area contributed by atoms with Crippen molar-refractivity contribution in [3.8, 4) is 0 Å². The number of hydrogen-bond acceptors (Lipinski definition) is 4. The molecule has 1 aliphatic heterocycles. The molecule has 0 unspecified atom stereocenters. The zero-order valence-electron chi connectivity index (χ0n) is 11.1. The number of likely N-dealkylation sites (tertiary alicyclic amines) is 1. The lowest BCUT2D eigenvalue weighted by atomic mass is 9.68. The van der Waals surface area contributed by atoms with Gasteiger partial charge in [-0.1, -0.05) is 6.42 Å². The standard InChI is InChI=1S/C14H18N2O2S/c1-10-11(19-9-15-10)4-2-7-16-12(17)8-14(13(16)18)5-3-6-14/h9H,2-8H2,1H3. The van der Waals surface area contributed by atoms with Crippen molar-refractivity contribution in [3.05, 3.63) is 16.1 Å². The van der Waals surface area contributed by atoms with Crippen molar-refractivity contribution in [1.29, 1.82) is 0 Å². The Balaban J connectivity index is 1.57. The average molecular weight is 278 g/mol. The number of imide groups is 1. The Morgan fingerprint density at radius 2 is 2.21 bits per heavy atom. The smallest absolute Gasteiger partial charge is 0.235 e. The van der Waals surface area contributed by atoms with Gasteiger partial charge in [0.05, 0.1) is 16.6 Å². The fourth-order valence-electron chi connectivity index (χ4n) is 3.04. The van der Waals surface area contributed by atoms with Gasteiger partial charge in [0, 0.05) is 17.8 Å². The van der Waals surface area contributed by atoms with Crippen molar-refractivity contribution in [2.75, 3.05) is 6.54 Å². The summed E-state index contributed by atoms with van der Waals surface area (Å²) >= 11 is 1.65. The van der Waals surface area contributed by atoms with Gasteiger partial charge in [0.1, 0.15) is 0 Å². The second kappa shape index (κ2) is 4.71. The van der Waals surface area contributed by atoms with E-state index in [9.17, 15) is 9.59 Å². The maximum Gasteiger partial charge on any atom is 0.235 e. The molecular weight excluding hydrogens is 260 g/mol. The minimum atomic E-state index is -0.294. The number of amides is 2. The van der Waals surface area contributed by atoms with Crippen LogP contribution in [-0.4, -0.2) is 28.2 Å². The molecule has 0 aromatic carbocycles. The molecule has 3 rings (SSSR count). The van der Waals surface area contributed by atoms with Crippen LogP contribution in [0.4, 0.5) is 0 Å². The van der Waals surface area contributed by atoms with Crippen LogP contribution in [0.5, 0.6) is 0 Å². The van der Waals surface area contributed by atoms with Gasteiger partial charge in [0.2, 0.25) is 11.8 Å². The lowest BCUT2D eigenvalue weighted by Gasteiger charge is -2.35. The third-order valence-corrected chi connectivity index (χ3v) is 5.43. The summed E-state index contributed by atoms with van der Waals surface area (Å²) in [6.07, 6.45) is 5.10. The van der Waals surface area contributed by atoms with Crippen molar-refractivity contribution in [2.24, 2.45) is 5.41 Å². The van der Waals surface area contributed by atoms with Gasteiger partial charge in [0.15, 0.2) is 0 Å². The monoisotopic (exact) mass is 278 g/mol. The van der Waals surface area contributed by atoms with Gasteiger partial charge in [-0.15, -0.1) is 11.3 Å². The van der Waals surface area contributed by atoms with Gasteiger partial charge >= 0.3 is 0 Å². The molecule has 2 aliphatic rings. The first-order chi connectivity index (χ1) is 9.12. The second-order valence-corrected chi connectivity index (χ2v) is 6.57. The molecule has 0 bridgehead atoms. The predicted molar refractivity (Wildman–Crippen MR) is 72.8 cm³/mol. The van der Waals surface area contributed by atoms with Crippen LogP contribution in [0, 0.1) is 12.3 Å². The van der Waals surface area contributed by atoms with Gasteiger partial charge in [-0.05, 0) is 32.6 Å². The number of aromatic nitrogens is 1. The summed E-state index contributed by atoms with van der Waals surface area (Å²) in [6, 6.07) is 0. The SMILES string of the molecule is Cc1ncsc1CCCN1C(=O)CC2(CCC2)C1=O. The molecule has 19 heavy (non-hydrogen) atoms. The fourth-order valence-corrected chi connectivity index (χ4v) is 3.87. The van der Waals surface area contributed by atoms with Crippen molar-refractivity contribution in [2.45, 2.75) is 45.4 Å². The Hall–Kier alpha value is -1.23. The number of thiazole rings is 1. The molecule has 4 nitrogen and oxygen atoms in total. The number of nitrogens with zero attached hydrogens (tertiary/aromatic N) is 2. The summed E-state index contributed by atoms with van der Waals surface area (Å²) < 4.78 is 0. The third kappa shape index (κ3) is 2.10. The van der Waals surface area contributed by atoms with E-state index in [4.69, 9.17) is 0 Å². The molecule has 102 valence electrons. The number of carbonyl (C=O) groups is 2. The molecule has 0 N–H and O–H groups in total. The molecule has 5 heteroatoms. The molecule has 0 atom stereocenters. The van der Waals surface area contributed by atoms with Crippen LogP contribution in [0.1, 0.15) is 42.7 Å². The van der Waals surface area contributed by atoms with E-state index in [1.165, 1.54) is 9.78 Å². The lowest BCUT2D eigenvalue weighted by Crippen LogP contribution is -2.40. The van der Waals surface area contributed by atoms with Crippen molar-refractivity contribution >= 4 is 23.2 Å². The highest BCUT2D eigenvalue weighted by Gasteiger charge is 2.54. The van der Waals surface area contributed by atoms with Crippen molar-refractivity contribution in [1.82, 2.24) is 9.88 Å². The Morgan fingerprint density at radius 1 is 1.42 bits per heavy atom. The third-order valence-electron chi connectivity index (χ3n) is 4.43. The maximum atomic E-state index is 12.3. The van der Waals surface area contributed by atoms with Crippen molar-refractivity contribution < 1.29 is 9.59 Å². The Morgan fingerprint density at radius 3 is 2.74 bits per heavy atom. The second-order valence-electron chi connectivity index (χ2n) is 5.63. The topological polar surface area (TPSA) is 50.3 Å². The molecule has 1 aromatic rings. The molecule has 1 spiro atoms. The highest BCUT2D eigenvalue weighted by Crippen LogP contribution is 2.49. The van der Waals surface area contributed by atoms with Crippen LogP contribution in [0.15, 0.2) is 5.51 Å². The number of hydrogen-bond donors (Lipinski definition) is 0. The number of rotatable bonds is 4. The van der Waals surface area contributed by atoms with E-state index in [1.54, 1.807) is 11.3 Å². The largest absolute Gasteiger partial charge is 0.282 e. The molecule has 1 aliphatic carbocycles. The molecule has 2 amide bonds. The van der Waals surface area contributed by atoms with Crippen LogP contribution in [-0.2, 0) is 16.0 Å². The van der Waals surface area contributed by atoms with E-state index >= 15 is 0 Å². The van der Waals surface area contributed by atoms with Gasteiger partial charge in [0.25, 0.3) is 0 Å². The van der Waals surface area contributed by atoms with Gasteiger partial charge in [-0.3, -0.25) is 14.5 Å². The zero-order chi connectivity index (χ0) is 13.5. The molecule has 2 heterocycles. The minimum Gasteiger partial charge on any atom is -0.282 e. The van der Waals surface area contributed by atoms with Gasteiger partial charge in [-0.2, -0.15) is 0 Å². The summed E-state index contributed by atoms with van der Waals surface area (Å²) in [5, 5.41) is 0. The zero-order valence-corrected chi connectivity index (χ0v) is 12.0. The first-order valence-corrected chi connectivity index (χ1v) is 7.74. The molecule has 0 radical (unpaired) electrons. The highest BCUT2D eigenvalue weighted by molar-refractivity contribution is 7.09. The minimum absolute atomic E-state index is 0.0331. The molecule has 1 saturated carbocycles. The summed E-state index contributed by atoms with van der Waals surface area (Å²) in [7, 11) is 0. The fraction of sp³-hybridized carbons (Fsp3) is 0.643. The van der Waals surface area contributed by atoms with E-state index in [-0.39, 0.29) is 17.2 Å². The normalized spacial score (nSPS) is 21.2. The highest BCUT2D eigenvalue weighted by atomic mass is 32.1. The van der Waals surface area contributed by atoms with E-state index in [2.05, 4.69) is 4.98 Å². The van der Waals surface area contributed by atoms with Gasteiger partial charge < -0.3 is 0 Å². The first kappa shape index (κ1) is 12.8. The van der Waals surface area contributed by atoms with Crippen LogP contribution in [0.25, 0.3) is 0 Å². The lowest BCUT2D eigenvalue weighted by molar-refractivity contribution is -0.143. The van der Waals surface area contributed by atoms with E-state index < -0.39 is 0 Å². The molecule has 1 aromatic heterocycles. The molecular formula is C14H18N2O2S. The Kier molecular flexibility index (Phi) is 3.17. The Labute approximate surface area is 116 Å². The summed E-state index contributed by atoms with van der Waals surface area (Å²) in [5.41, 5.74) is 2.62.